The molecule has 9 aromatic rings. The Morgan fingerprint density at radius 3 is 1.77 bits per heavy atom. The molecule has 1 aromatic heterocycles. The molecule has 302 valence electrons. The Morgan fingerprint density at radius 2 is 1.03 bits per heavy atom. The van der Waals surface area contributed by atoms with Crippen LogP contribution in [0.25, 0.3) is 53.6 Å². The summed E-state index contributed by atoms with van der Waals surface area (Å²) in [6.45, 7) is 2.16. The highest BCUT2D eigenvalue weighted by Gasteiger charge is 2.49. The average molecular weight is 820 g/mol. The van der Waals surface area contributed by atoms with E-state index in [0.29, 0.717) is 5.92 Å². The van der Waals surface area contributed by atoms with Crippen molar-refractivity contribution >= 4 is 48.6 Å². The van der Waals surface area contributed by atoms with Crippen molar-refractivity contribution in [3.8, 4) is 44.9 Å². The lowest BCUT2D eigenvalue weighted by Crippen LogP contribution is -2.43. The van der Waals surface area contributed by atoms with E-state index in [1.54, 1.807) is 0 Å². The maximum atomic E-state index is 7.09. The normalized spacial score (nSPS) is 20.2. The number of anilines is 3. The quantitative estimate of drug-likeness (QED) is 0.144. The maximum absolute atomic E-state index is 7.09. The van der Waals surface area contributed by atoms with Crippen LogP contribution in [-0.4, -0.2) is 0 Å². The number of benzene rings is 8. The largest absolute Gasteiger partial charge is 0.457 e. The van der Waals surface area contributed by atoms with E-state index in [1.807, 2.05) is 11.3 Å². The van der Waals surface area contributed by atoms with Gasteiger partial charge in [0.15, 0.2) is 0 Å². The fourth-order valence-electron chi connectivity index (χ4n) is 11.9. The molecule has 0 spiro atoms. The van der Waals surface area contributed by atoms with Gasteiger partial charge in [-0.25, -0.2) is 0 Å². The Balaban J connectivity index is 0.972. The van der Waals surface area contributed by atoms with Crippen LogP contribution >= 0.6 is 11.3 Å². The van der Waals surface area contributed by atoms with Crippen molar-refractivity contribution in [1.29, 1.82) is 0 Å². The lowest BCUT2D eigenvalue weighted by atomic mass is 9.50. The molecule has 0 N–H and O–H groups in total. The van der Waals surface area contributed by atoms with Crippen molar-refractivity contribution in [2.45, 2.75) is 44.9 Å². The highest BCUT2D eigenvalue weighted by Crippen LogP contribution is 2.61. The molecular weight excluding hydrogens is 771 g/mol. The summed E-state index contributed by atoms with van der Waals surface area (Å²) in [7, 11) is 0. The number of nitrogens with zero attached hydrogens (tertiary/aromatic N) is 1. The maximum Gasteiger partial charge on any atom is 0.133 e. The monoisotopic (exact) mass is 819 g/mol. The van der Waals surface area contributed by atoms with Crippen LogP contribution in [0.1, 0.15) is 49.1 Å². The number of rotatable bonds is 9. The Labute approximate surface area is 369 Å². The lowest BCUT2D eigenvalue weighted by molar-refractivity contribution is -0.00335. The molecule has 1 heterocycles. The second-order valence-corrected chi connectivity index (χ2v) is 19.2. The minimum atomic E-state index is 0.548. The molecule has 2 nitrogen and oxygen atoms in total. The molecule has 0 atom stereocenters. The van der Waals surface area contributed by atoms with Gasteiger partial charge in [0.25, 0.3) is 0 Å². The molecule has 4 aliphatic carbocycles. The molecule has 4 bridgehead atoms. The molecular formula is C59H49NOS. The van der Waals surface area contributed by atoms with Gasteiger partial charge < -0.3 is 9.64 Å². The van der Waals surface area contributed by atoms with Crippen LogP contribution in [0.2, 0.25) is 0 Å². The van der Waals surface area contributed by atoms with Gasteiger partial charge in [0.1, 0.15) is 11.5 Å². The molecule has 0 amide bonds. The molecule has 0 saturated heterocycles. The number of para-hydroxylation sites is 1. The van der Waals surface area contributed by atoms with E-state index >= 15 is 0 Å². The molecule has 62 heavy (non-hydrogen) atoms. The first kappa shape index (κ1) is 37.4. The van der Waals surface area contributed by atoms with E-state index in [-0.39, 0.29) is 0 Å². The van der Waals surface area contributed by atoms with E-state index in [1.165, 1.54) is 91.2 Å². The summed E-state index contributed by atoms with van der Waals surface area (Å²) in [5.74, 6) is 5.82. The van der Waals surface area contributed by atoms with Gasteiger partial charge in [0.2, 0.25) is 0 Å². The van der Waals surface area contributed by atoms with Crippen molar-refractivity contribution in [2.75, 3.05) is 4.90 Å². The zero-order chi connectivity index (χ0) is 41.1. The number of fused-ring (bicyclic) bond motifs is 3. The summed E-state index contributed by atoms with van der Waals surface area (Å²) >= 11 is 1.87. The van der Waals surface area contributed by atoms with Crippen LogP contribution in [0.4, 0.5) is 17.1 Å². The molecule has 0 unspecified atom stereocenters. The van der Waals surface area contributed by atoms with Gasteiger partial charge in [-0.05, 0) is 162 Å². The molecule has 3 heteroatoms. The van der Waals surface area contributed by atoms with Crippen LogP contribution in [0.15, 0.2) is 188 Å². The summed E-state index contributed by atoms with van der Waals surface area (Å²) < 4.78 is 9.74. The molecule has 0 aliphatic heterocycles. The Hall–Kier alpha value is -6.42. The topological polar surface area (TPSA) is 12.5 Å². The van der Waals surface area contributed by atoms with Crippen LogP contribution in [0.5, 0.6) is 11.5 Å². The summed E-state index contributed by atoms with van der Waals surface area (Å²) in [6.07, 6.45) is 6.94. The number of hydrogen-bond acceptors (Lipinski definition) is 3. The van der Waals surface area contributed by atoms with Gasteiger partial charge in [-0.1, -0.05) is 133 Å². The third-order valence-corrected chi connectivity index (χ3v) is 15.6. The predicted octanol–water partition coefficient (Wildman–Crippen LogP) is 17.2. The second-order valence-electron chi connectivity index (χ2n) is 18.2. The number of ether oxygens (including phenoxy) is 1. The third kappa shape index (κ3) is 6.62. The summed E-state index contributed by atoms with van der Waals surface area (Å²) in [4.78, 5) is 2.41. The minimum Gasteiger partial charge on any atom is -0.457 e. The van der Waals surface area contributed by atoms with Crippen LogP contribution in [0.3, 0.4) is 0 Å². The highest BCUT2D eigenvalue weighted by molar-refractivity contribution is 7.25. The summed E-state index contributed by atoms with van der Waals surface area (Å²) in [5.41, 5.74) is 13.2. The highest BCUT2D eigenvalue weighted by atomic mass is 32.1. The smallest absolute Gasteiger partial charge is 0.133 e. The molecule has 4 fully saturated rings. The summed E-state index contributed by atoms with van der Waals surface area (Å²) in [6, 6.07) is 69.0. The van der Waals surface area contributed by atoms with E-state index in [9.17, 15) is 0 Å². The molecule has 13 rings (SSSR count). The lowest BCUT2D eigenvalue weighted by Gasteiger charge is -2.54. The van der Waals surface area contributed by atoms with Crippen molar-refractivity contribution in [1.82, 2.24) is 0 Å². The van der Waals surface area contributed by atoms with Crippen molar-refractivity contribution in [3.05, 3.63) is 199 Å². The van der Waals surface area contributed by atoms with Crippen molar-refractivity contribution in [3.63, 3.8) is 0 Å². The van der Waals surface area contributed by atoms with E-state index < -0.39 is 0 Å². The van der Waals surface area contributed by atoms with Crippen molar-refractivity contribution in [2.24, 2.45) is 23.7 Å². The number of thiophene rings is 1. The van der Waals surface area contributed by atoms with Crippen molar-refractivity contribution < 1.29 is 4.74 Å². The number of aryl methyl sites for hydroxylation is 1. The Bertz CT molecular complexity index is 3040. The SMILES string of the molecule is Cc1ccccc1Oc1cc(N(c2ccc(-c3ccccc3)cc2)c2ccc(-c3ccccc3-c3cccc4sc5ccccc5c34)cc2)ccc1C1C2CC3CC(C2)CC1C3. The van der Waals surface area contributed by atoms with Gasteiger partial charge >= 0.3 is 0 Å². The van der Waals surface area contributed by atoms with Gasteiger partial charge in [-0.2, -0.15) is 0 Å². The Morgan fingerprint density at radius 1 is 0.452 bits per heavy atom. The predicted molar refractivity (Wildman–Crippen MR) is 261 cm³/mol. The third-order valence-electron chi connectivity index (χ3n) is 14.4. The van der Waals surface area contributed by atoms with Crippen LogP contribution < -0.4 is 9.64 Å². The molecule has 0 radical (unpaired) electrons. The van der Waals surface area contributed by atoms with E-state index in [4.69, 9.17) is 4.74 Å². The second kappa shape index (κ2) is 15.5. The fourth-order valence-corrected chi connectivity index (χ4v) is 13.0. The first-order valence-corrected chi connectivity index (χ1v) is 23.4. The van der Waals surface area contributed by atoms with Gasteiger partial charge in [0, 0.05) is 43.3 Å². The number of hydrogen-bond donors (Lipinski definition) is 0. The standard InChI is InChI=1S/C59H49NOS/c1-38-12-5-9-19-54(38)61-55-37-48(30-31-52(55)58-44-33-39-32-40(35-44)36-45(58)34-39)60(46-26-22-42(23-27-46)41-13-3-2-4-14-41)47-28-24-43(25-29-47)49-15-6-7-16-50(49)51-18-11-21-57-59(51)53-17-8-10-20-56(53)62-57/h2-31,37,39-40,44-45,58H,32-36H2,1H3. The fraction of sp³-hybridized carbons (Fsp3) is 0.186. The summed E-state index contributed by atoms with van der Waals surface area (Å²) in [5, 5.41) is 2.66. The molecule has 4 aliphatic rings. The first-order chi connectivity index (χ1) is 30.6. The van der Waals surface area contributed by atoms with Gasteiger partial charge in [-0.3, -0.25) is 0 Å². The van der Waals surface area contributed by atoms with Gasteiger partial charge in [0.05, 0.1) is 0 Å². The first-order valence-electron chi connectivity index (χ1n) is 22.5. The van der Waals surface area contributed by atoms with E-state index in [2.05, 4.69) is 200 Å². The van der Waals surface area contributed by atoms with Gasteiger partial charge in [-0.15, -0.1) is 11.3 Å². The van der Waals surface area contributed by atoms with E-state index in [0.717, 1.165) is 57.8 Å². The molecule has 4 saturated carbocycles. The minimum absolute atomic E-state index is 0.548. The average Bonchev–Trinajstić information content (AvgIpc) is 3.70. The molecule has 8 aromatic carbocycles. The Kier molecular flexibility index (Phi) is 9.33. The van der Waals surface area contributed by atoms with Crippen LogP contribution in [-0.2, 0) is 0 Å². The zero-order valence-corrected chi connectivity index (χ0v) is 35.9. The van der Waals surface area contributed by atoms with Crippen LogP contribution in [0, 0.1) is 30.6 Å². The zero-order valence-electron chi connectivity index (χ0n) is 35.1.